The maximum atomic E-state index is 11.8. The van der Waals surface area contributed by atoms with Crippen LogP contribution in [0, 0.1) is 0 Å². The summed E-state index contributed by atoms with van der Waals surface area (Å²) in [6.07, 6.45) is -0.277. The van der Waals surface area contributed by atoms with Gasteiger partial charge in [0.2, 0.25) is 5.91 Å². The highest BCUT2D eigenvalue weighted by Gasteiger charge is 2.20. The SMILES string of the molecule is COC(=O)C[C@H](N=[N+]=[N-])C(=O)NCc1ccccc1. The molecular weight excluding hydrogens is 248 g/mol. The van der Waals surface area contributed by atoms with Gasteiger partial charge in [-0.2, -0.15) is 0 Å². The van der Waals surface area contributed by atoms with Crippen LogP contribution < -0.4 is 5.32 Å². The van der Waals surface area contributed by atoms with Gasteiger partial charge >= 0.3 is 5.97 Å². The highest BCUT2D eigenvalue weighted by Crippen LogP contribution is 2.03. The Morgan fingerprint density at radius 2 is 2.11 bits per heavy atom. The molecule has 0 saturated heterocycles. The molecule has 0 spiro atoms. The average molecular weight is 262 g/mol. The molecule has 1 aromatic carbocycles. The summed E-state index contributed by atoms with van der Waals surface area (Å²) in [6.45, 7) is 0.304. The largest absolute Gasteiger partial charge is 0.469 e. The van der Waals surface area contributed by atoms with Crippen molar-refractivity contribution >= 4 is 11.9 Å². The number of azide groups is 1. The Hall–Kier alpha value is -2.53. The first-order valence-corrected chi connectivity index (χ1v) is 5.60. The summed E-state index contributed by atoms with van der Waals surface area (Å²) >= 11 is 0. The van der Waals surface area contributed by atoms with E-state index < -0.39 is 17.9 Å². The van der Waals surface area contributed by atoms with E-state index in [0.717, 1.165) is 5.56 Å². The molecule has 0 bridgehead atoms. The molecule has 0 aliphatic heterocycles. The van der Waals surface area contributed by atoms with E-state index in [4.69, 9.17) is 5.53 Å². The van der Waals surface area contributed by atoms with E-state index in [1.165, 1.54) is 7.11 Å². The van der Waals surface area contributed by atoms with Gasteiger partial charge in [-0.15, -0.1) is 0 Å². The molecule has 0 aliphatic carbocycles. The summed E-state index contributed by atoms with van der Waals surface area (Å²) < 4.78 is 4.44. The number of esters is 1. The molecule has 1 atom stereocenters. The van der Waals surface area contributed by atoms with Gasteiger partial charge in [0.05, 0.1) is 13.5 Å². The van der Waals surface area contributed by atoms with Crippen molar-refractivity contribution in [2.45, 2.75) is 19.0 Å². The van der Waals surface area contributed by atoms with Gasteiger partial charge < -0.3 is 10.1 Å². The van der Waals surface area contributed by atoms with Crippen LogP contribution in [0.1, 0.15) is 12.0 Å². The van der Waals surface area contributed by atoms with E-state index in [1.54, 1.807) is 0 Å². The lowest BCUT2D eigenvalue weighted by Crippen LogP contribution is -2.34. The first-order valence-electron chi connectivity index (χ1n) is 5.60. The van der Waals surface area contributed by atoms with Gasteiger partial charge in [0, 0.05) is 11.5 Å². The molecule has 1 rings (SSSR count). The van der Waals surface area contributed by atoms with Gasteiger partial charge in [-0.05, 0) is 11.1 Å². The number of methoxy groups -OCH3 is 1. The Labute approximate surface area is 110 Å². The summed E-state index contributed by atoms with van der Waals surface area (Å²) in [5.41, 5.74) is 9.29. The lowest BCUT2D eigenvalue weighted by molar-refractivity contribution is -0.142. The highest BCUT2D eigenvalue weighted by molar-refractivity contribution is 5.86. The molecule has 19 heavy (non-hydrogen) atoms. The van der Waals surface area contributed by atoms with E-state index in [2.05, 4.69) is 20.1 Å². The third kappa shape index (κ3) is 5.10. The molecule has 0 aromatic heterocycles. The maximum Gasteiger partial charge on any atom is 0.306 e. The first-order chi connectivity index (χ1) is 9.17. The summed E-state index contributed by atoms with van der Waals surface area (Å²) in [5, 5.41) is 5.89. The van der Waals surface area contributed by atoms with E-state index >= 15 is 0 Å². The van der Waals surface area contributed by atoms with Crippen LogP contribution in [0.15, 0.2) is 35.4 Å². The van der Waals surface area contributed by atoms with Crippen LogP contribution in [0.5, 0.6) is 0 Å². The molecule has 1 amide bonds. The van der Waals surface area contributed by atoms with Crippen molar-refractivity contribution in [3.05, 3.63) is 46.3 Å². The van der Waals surface area contributed by atoms with Crippen molar-refractivity contribution in [3.63, 3.8) is 0 Å². The number of nitrogens with one attached hydrogen (secondary N) is 1. The first kappa shape index (κ1) is 14.5. The van der Waals surface area contributed by atoms with Gasteiger partial charge in [0.15, 0.2) is 0 Å². The van der Waals surface area contributed by atoms with Gasteiger partial charge in [0.25, 0.3) is 0 Å². The maximum absolute atomic E-state index is 11.8. The normalized spacial score (nSPS) is 11.0. The number of hydrogen-bond acceptors (Lipinski definition) is 4. The second kappa shape index (κ2) is 7.73. The predicted octanol–water partition coefficient (Wildman–Crippen LogP) is 1.54. The van der Waals surface area contributed by atoms with Crippen molar-refractivity contribution < 1.29 is 14.3 Å². The van der Waals surface area contributed by atoms with Crippen LogP contribution in [-0.2, 0) is 20.9 Å². The second-order valence-corrected chi connectivity index (χ2v) is 3.70. The van der Waals surface area contributed by atoms with Crippen molar-refractivity contribution in [3.8, 4) is 0 Å². The lowest BCUT2D eigenvalue weighted by Gasteiger charge is -2.10. The summed E-state index contributed by atoms with van der Waals surface area (Å²) in [5.74, 6) is -1.11. The zero-order valence-electron chi connectivity index (χ0n) is 10.4. The molecule has 0 fully saturated rings. The quantitative estimate of drug-likeness (QED) is 0.364. The summed E-state index contributed by atoms with van der Waals surface area (Å²) in [6, 6.07) is 8.17. The number of carbonyl (C=O) groups excluding carboxylic acids is 2. The van der Waals surface area contributed by atoms with E-state index in [-0.39, 0.29) is 6.42 Å². The number of benzene rings is 1. The topological polar surface area (TPSA) is 104 Å². The lowest BCUT2D eigenvalue weighted by atomic mass is 10.2. The Balaban J connectivity index is 2.57. The van der Waals surface area contributed by atoms with E-state index in [0.29, 0.717) is 6.54 Å². The van der Waals surface area contributed by atoms with Crippen molar-refractivity contribution in [1.29, 1.82) is 0 Å². The van der Waals surface area contributed by atoms with Gasteiger partial charge in [-0.3, -0.25) is 9.59 Å². The van der Waals surface area contributed by atoms with Crippen molar-refractivity contribution in [1.82, 2.24) is 5.32 Å². The Bertz CT molecular complexity index is 483. The summed E-state index contributed by atoms with van der Waals surface area (Å²) in [7, 11) is 1.21. The van der Waals surface area contributed by atoms with Gasteiger partial charge in [0.1, 0.15) is 6.04 Å². The molecule has 0 unspecified atom stereocenters. The number of hydrogen-bond donors (Lipinski definition) is 1. The molecule has 0 heterocycles. The Morgan fingerprint density at radius 3 is 2.68 bits per heavy atom. The van der Waals surface area contributed by atoms with Crippen LogP contribution in [0.3, 0.4) is 0 Å². The summed E-state index contributed by atoms with van der Waals surface area (Å²) in [4.78, 5) is 25.4. The second-order valence-electron chi connectivity index (χ2n) is 3.70. The predicted molar refractivity (Wildman–Crippen MR) is 67.9 cm³/mol. The van der Waals surface area contributed by atoms with Crippen LogP contribution >= 0.6 is 0 Å². The number of carbonyl (C=O) groups is 2. The minimum absolute atomic E-state index is 0.277. The molecule has 7 heteroatoms. The zero-order chi connectivity index (χ0) is 14.1. The molecule has 1 aromatic rings. The fourth-order valence-electron chi connectivity index (χ4n) is 1.39. The Kier molecular flexibility index (Phi) is 5.91. The van der Waals surface area contributed by atoms with Crippen LogP contribution in [0.2, 0.25) is 0 Å². The van der Waals surface area contributed by atoms with Crippen LogP contribution in [0.25, 0.3) is 10.4 Å². The fraction of sp³-hybridized carbons (Fsp3) is 0.333. The zero-order valence-corrected chi connectivity index (χ0v) is 10.4. The van der Waals surface area contributed by atoms with E-state index in [9.17, 15) is 9.59 Å². The molecule has 7 nitrogen and oxygen atoms in total. The molecular formula is C12H14N4O3. The van der Waals surface area contributed by atoms with Crippen molar-refractivity contribution in [2.75, 3.05) is 7.11 Å². The standard InChI is InChI=1S/C12H14N4O3/c1-19-11(17)7-10(15-16-13)12(18)14-8-9-5-3-2-4-6-9/h2-6,10H,7-8H2,1H3,(H,14,18)/t10-/m0/s1. The minimum Gasteiger partial charge on any atom is -0.469 e. The third-order valence-corrected chi connectivity index (χ3v) is 2.39. The molecule has 1 N–H and O–H groups in total. The number of nitrogens with zero attached hydrogens (tertiary/aromatic N) is 3. The van der Waals surface area contributed by atoms with Gasteiger partial charge in [-0.25, -0.2) is 0 Å². The van der Waals surface area contributed by atoms with Gasteiger partial charge in [-0.1, -0.05) is 35.4 Å². The molecule has 100 valence electrons. The smallest absolute Gasteiger partial charge is 0.306 e. The van der Waals surface area contributed by atoms with E-state index in [1.807, 2.05) is 30.3 Å². The number of amides is 1. The van der Waals surface area contributed by atoms with Crippen LogP contribution in [0.4, 0.5) is 0 Å². The number of ether oxygens (including phenoxy) is 1. The fourth-order valence-corrected chi connectivity index (χ4v) is 1.39. The molecule has 0 aliphatic rings. The average Bonchev–Trinajstić information content (AvgIpc) is 2.45. The van der Waals surface area contributed by atoms with Crippen LogP contribution in [-0.4, -0.2) is 25.0 Å². The van der Waals surface area contributed by atoms with Crippen molar-refractivity contribution in [2.24, 2.45) is 5.11 Å². The third-order valence-electron chi connectivity index (χ3n) is 2.39. The molecule has 0 radical (unpaired) electrons. The minimum atomic E-state index is -1.10. The molecule has 0 saturated carbocycles. The highest BCUT2D eigenvalue weighted by atomic mass is 16.5. The Morgan fingerprint density at radius 1 is 1.42 bits per heavy atom. The number of rotatable bonds is 6. The monoisotopic (exact) mass is 262 g/mol.